The molecule has 0 amide bonds. The first-order valence-corrected chi connectivity index (χ1v) is 11.7. The van der Waals surface area contributed by atoms with E-state index in [2.05, 4.69) is 6.92 Å². The molecule has 5 heteroatoms. The lowest BCUT2D eigenvalue weighted by Gasteiger charge is -2.31. The van der Waals surface area contributed by atoms with Gasteiger partial charge in [-0.15, -0.1) is 0 Å². The standard InChI is InChI=1S/C23H45NO4/c1-4-5-6-13-16-20(22-24(27)23(2,3)19-28-22)17-14-11-9-7-8-10-12-15-18-21(25)26/h20,22,27H,4-19H2,1-3H3,(H,25,26). The Morgan fingerprint density at radius 1 is 0.964 bits per heavy atom. The summed E-state index contributed by atoms with van der Waals surface area (Å²) in [5, 5.41) is 20.6. The smallest absolute Gasteiger partial charge is 0.303 e. The molecular formula is C23H45NO4. The average molecular weight is 400 g/mol. The molecular weight excluding hydrogens is 354 g/mol. The Labute approximate surface area is 172 Å². The van der Waals surface area contributed by atoms with E-state index in [0.717, 1.165) is 32.1 Å². The molecule has 2 atom stereocenters. The number of ether oxygens (including phenoxy) is 1. The van der Waals surface area contributed by atoms with Crippen molar-refractivity contribution < 1.29 is 19.8 Å². The van der Waals surface area contributed by atoms with Gasteiger partial charge in [-0.1, -0.05) is 77.6 Å². The molecule has 1 heterocycles. The minimum absolute atomic E-state index is 0.147. The van der Waals surface area contributed by atoms with Crippen molar-refractivity contribution in [3.63, 3.8) is 0 Å². The van der Waals surface area contributed by atoms with Crippen molar-refractivity contribution in [2.24, 2.45) is 5.92 Å². The molecule has 1 rings (SSSR count). The maximum Gasteiger partial charge on any atom is 0.303 e. The molecule has 1 fully saturated rings. The van der Waals surface area contributed by atoms with E-state index in [0.29, 0.717) is 18.9 Å². The fraction of sp³-hybridized carbons (Fsp3) is 0.957. The lowest BCUT2D eigenvalue weighted by Crippen LogP contribution is -2.44. The minimum Gasteiger partial charge on any atom is -0.481 e. The van der Waals surface area contributed by atoms with Crippen LogP contribution in [0.5, 0.6) is 0 Å². The zero-order valence-corrected chi connectivity index (χ0v) is 18.6. The number of nitrogens with zero attached hydrogens (tertiary/aromatic N) is 1. The van der Waals surface area contributed by atoms with E-state index in [1.807, 2.05) is 13.8 Å². The van der Waals surface area contributed by atoms with E-state index in [1.54, 1.807) is 0 Å². The van der Waals surface area contributed by atoms with Crippen molar-refractivity contribution in [1.29, 1.82) is 0 Å². The van der Waals surface area contributed by atoms with Gasteiger partial charge in [-0.05, 0) is 33.1 Å². The topological polar surface area (TPSA) is 70.0 Å². The number of rotatable bonds is 17. The molecule has 2 N–H and O–H groups in total. The number of carboxylic acids is 1. The minimum atomic E-state index is -0.680. The van der Waals surface area contributed by atoms with Crippen molar-refractivity contribution >= 4 is 5.97 Å². The third-order valence-electron chi connectivity index (χ3n) is 6.02. The van der Waals surface area contributed by atoms with Gasteiger partial charge in [0.25, 0.3) is 0 Å². The lowest BCUT2D eigenvalue weighted by atomic mass is 9.92. The average Bonchev–Trinajstić information content (AvgIpc) is 2.91. The second-order valence-electron chi connectivity index (χ2n) is 9.23. The molecule has 0 aromatic carbocycles. The summed E-state index contributed by atoms with van der Waals surface area (Å²) < 4.78 is 5.98. The molecule has 5 nitrogen and oxygen atoms in total. The van der Waals surface area contributed by atoms with Crippen LogP contribution in [0.3, 0.4) is 0 Å². The predicted molar refractivity (Wildman–Crippen MR) is 113 cm³/mol. The second kappa shape index (κ2) is 14.4. The summed E-state index contributed by atoms with van der Waals surface area (Å²) in [5.41, 5.74) is -0.285. The molecule has 2 unspecified atom stereocenters. The summed E-state index contributed by atoms with van der Waals surface area (Å²) in [6.07, 6.45) is 16.6. The van der Waals surface area contributed by atoms with Crippen LogP contribution in [-0.4, -0.2) is 39.7 Å². The van der Waals surface area contributed by atoms with Crippen LogP contribution in [0.25, 0.3) is 0 Å². The fourth-order valence-corrected chi connectivity index (χ4v) is 4.11. The lowest BCUT2D eigenvalue weighted by molar-refractivity contribution is -0.208. The van der Waals surface area contributed by atoms with Crippen LogP contribution in [-0.2, 0) is 9.53 Å². The molecule has 0 saturated carbocycles. The van der Waals surface area contributed by atoms with Crippen LogP contribution < -0.4 is 0 Å². The highest BCUT2D eigenvalue weighted by Gasteiger charge is 2.43. The molecule has 0 radical (unpaired) electrons. The van der Waals surface area contributed by atoms with Gasteiger partial charge in [-0.25, -0.2) is 0 Å². The van der Waals surface area contributed by atoms with Crippen molar-refractivity contribution in [3.8, 4) is 0 Å². The number of carboxylic acid groups (broad SMARTS) is 1. The second-order valence-corrected chi connectivity index (χ2v) is 9.23. The molecule has 166 valence electrons. The molecule has 1 aliphatic heterocycles. The first-order chi connectivity index (χ1) is 13.4. The number of aliphatic carboxylic acids is 1. The largest absolute Gasteiger partial charge is 0.481 e. The first kappa shape index (κ1) is 25.4. The quantitative estimate of drug-likeness (QED) is 0.277. The zero-order valence-electron chi connectivity index (χ0n) is 18.6. The van der Waals surface area contributed by atoms with Gasteiger partial charge in [0.15, 0.2) is 0 Å². The number of hydrogen-bond acceptors (Lipinski definition) is 4. The number of hydrogen-bond donors (Lipinski definition) is 2. The fourth-order valence-electron chi connectivity index (χ4n) is 4.11. The zero-order chi connectivity index (χ0) is 20.8. The van der Waals surface area contributed by atoms with E-state index in [1.165, 1.54) is 62.9 Å². The summed E-state index contributed by atoms with van der Waals surface area (Å²) in [7, 11) is 0. The van der Waals surface area contributed by atoms with Gasteiger partial charge in [0.05, 0.1) is 12.1 Å². The molecule has 0 aliphatic carbocycles. The van der Waals surface area contributed by atoms with Crippen molar-refractivity contribution in [2.75, 3.05) is 6.61 Å². The van der Waals surface area contributed by atoms with Crippen LogP contribution in [0.4, 0.5) is 0 Å². The van der Waals surface area contributed by atoms with Gasteiger partial charge in [0.1, 0.15) is 6.23 Å². The SMILES string of the molecule is CCCCCCC(CCCCCCCCCCC(=O)O)C1OCC(C)(C)N1O. The van der Waals surface area contributed by atoms with Gasteiger partial charge in [0, 0.05) is 12.3 Å². The number of unbranched alkanes of at least 4 members (excludes halogenated alkanes) is 10. The highest BCUT2D eigenvalue weighted by molar-refractivity contribution is 5.66. The third-order valence-corrected chi connectivity index (χ3v) is 6.02. The molecule has 0 aromatic heterocycles. The summed E-state index contributed by atoms with van der Waals surface area (Å²) in [6, 6.07) is 0. The Bertz CT molecular complexity index is 413. The van der Waals surface area contributed by atoms with Crippen LogP contribution >= 0.6 is 0 Å². The Morgan fingerprint density at radius 3 is 1.93 bits per heavy atom. The molecule has 0 spiro atoms. The molecule has 0 aromatic rings. The maximum absolute atomic E-state index is 10.5. The first-order valence-electron chi connectivity index (χ1n) is 11.7. The third kappa shape index (κ3) is 10.2. The van der Waals surface area contributed by atoms with E-state index in [9.17, 15) is 10.0 Å². The molecule has 0 bridgehead atoms. The molecule has 1 saturated heterocycles. The van der Waals surface area contributed by atoms with Crippen LogP contribution in [0.2, 0.25) is 0 Å². The Kier molecular flexibility index (Phi) is 13.0. The number of hydroxylamine groups is 2. The van der Waals surface area contributed by atoms with E-state index in [-0.39, 0.29) is 11.8 Å². The Balaban J connectivity index is 2.21. The molecule has 28 heavy (non-hydrogen) atoms. The van der Waals surface area contributed by atoms with Crippen LogP contribution in [0, 0.1) is 5.92 Å². The van der Waals surface area contributed by atoms with Crippen LogP contribution in [0.15, 0.2) is 0 Å². The van der Waals surface area contributed by atoms with E-state index >= 15 is 0 Å². The normalized spacial score (nSPS) is 20.5. The summed E-state index contributed by atoms with van der Waals surface area (Å²) in [5.74, 6) is -0.264. The Morgan fingerprint density at radius 2 is 1.46 bits per heavy atom. The summed E-state index contributed by atoms with van der Waals surface area (Å²) in [4.78, 5) is 10.5. The summed E-state index contributed by atoms with van der Waals surface area (Å²) >= 11 is 0. The van der Waals surface area contributed by atoms with Gasteiger partial charge < -0.3 is 15.1 Å². The predicted octanol–water partition coefficient (Wildman–Crippen LogP) is 6.38. The van der Waals surface area contributed by atoms with E-state index < -0.39 is 5.97 Å². The Hall–Kier alpha value is -0.650. The van der Waals surface area contributed by atoms with Gasteiger partial charge >= 0.3 is 5.97 Å². The van der Waals surface area contributed by atoms with Crippen molar-refractivity contribution in [1.82, 2.24) is 5.06 Å². The molecule has 1 aliphatic rings. The monoisotopic (exact) mass is 399 g/mol. The van der Waals surface area contributed by atoms with Gasteiger partial charge in [-0.2, -0.15) is 5.06 Å². The highest BCUT2D eigenvalue weighted by atomic mass is 16.6. The maximum atomic E-state index is 10.5. The van der Waals surface area contributed by atoms with Gasteiger partial charge in [0.2, 0.25) is 0 Å². The van der Waals surface area contributed by atoms with Crippen LogP contribution in [0.1, 0.15) is 117 Å². The van der Waals surface area contributed by atoms with Crippen molar-refractivity contribution in [2.45, 2.75) is 129 Å². The number of carbonyl (C=O) groups is 1. The van der Waals surface area contributed by atoms with Crippen molar-refractivity contribution in [3.05, 3.63) is 0 Å². The van der Waals surface area contributed by atoms with Gasteiger partial charge in [-0.3, -0.25) is 4.79 Å². The highest BCUT2D eigenvalue weighted by Crippen LogP contribution is 2.33. The summed E-state index contributed by atoms with van der Waals surface area (Å²) in [6.45, 7) is 6.92. The van der Waals surface area contributed by atoms with E-state index in [4.69, 9.17) is 9.84 Å².